The molecular formula is C13H17N3O3S. The Kier molecular flexibility index (Phi) is 3.82. The largest absolute Gasteiger partial charge is 0.392 e. The number of aromatic nitrogens is 2. The van der Waals surface area contributed by atoms with Crippen molar-refractivity contribution >= 4 is 15.8 Å². The van der Waals surface area contributed by atoms with Gasteiger partial charge in [-0.15, -0.1) is 0 Å². The molecule has 108 valence electrons. The van der Waals surface area contributed by atoms with Crippen molar-refractivity contribution in [3.8, 4) is 0 Å². The van der Waals surface area contributed by atoms with E-state index >= 15 is 0 Å². The molecule has 0 radical (unpaired) electrons. The zero-order chi connectivity index (χ0) is 14.9. The topological polar surface area (TPSA) is 84.2 Å². The summed E-state index contributed by atoms with van der Waals surface area (Å²) < 4.78 is 28.7. The number of anilines is 1. The van der Waals surface area contributed by atoms with Gasteiger partial charge in [0, 0.05) is 19.3 Å². The van der Waals surface area contributed by atoms with E-state index in [1.54, 1.807) is 32.3 Å². The average Bonchev–Trinajstić information content (AvgIpc) is 2.73. The summed E-state index contributed by atoms with van der Waals surface area (Å²) in [5, 5.41) is 13.2. The van der Waals surface area contributed by atoms with Crippen molar-refractivity contribution in [1.82, 2.24) is 9.78 Å². The van der Waals surface area contributed by atoms with E-state index in [1.165, 1.54) is 10.7 Å². The van der Waals surface area contributed by atoms with Crippen LogP contribution in [0.2, 0.25) is 0 Å². The Hall–Kier alpha value is -1.86. The van der Waals surface area contributed by atoms with Gasteiger partial charge in [-0.3, -0.25) is 9.40 Å². The number of aliphatic hydroxyl groups excluding tert-OH is 1. The number of hydrogen-bond donors (Lipinski definition) is 2. The first-order valence-electron chi connectivity index (χ1n) is 6.07. The highest BCUT2D eigenvalue weighted by molar-refractivity contribution is 7.92. The second kappa shape index (κ2) is 5.26. The SMILES string of the molecule is Cc1cc(C)c(S(=O)(=O)Nc2ccn(C)n2)cc1CO. The predicted molar refractivity (Wildman–Crippen MR) is 75.9 cm³/mol. The normalized spacial score (nSPS) is 11.6. The number of rotatable bonds is 4. The third kappa shape index (κ3) is 2.83. The standard InChI is InChI=1S/C13H17N3O3S/c1-9-6-10(2)12(7-11(9)8-17)20(18,19)15-13-4-5-16(3)14-13/h4-7,17H,8H2,1-3H3,(H,14,15). The maximum Gasteiger partial charge on any atom is 0.263 e. The number of sulfonamides is 1. The summed E-state index contributed by atoms with van der Waals surface area (Å²) in [5.41, 5.74) is 2.09. The Morgan fingerprint density at radius 1 is 1.30 bits per heavy atom. The summed E-state index contributed by atoms with van der Waals surface area (Å²) in [6, 6.07) is 4.82. The molecule has 0 unspecified atom stereocenters. The molecule has 1 aromatic heterocycles. The van der Waals surface area contributed by atoms with E-state index in [4.69, 9.17) is 0 Å². The van der Waals surface area contributed by atoms with Crippen LogP contribution in [0, 0.1) is 13.8 Å². The van der Waals surface area contributed by atoms with Gasteiger partial charge in [0.05, 0.1) is 11.5 Å². The van der Waals surface area contributed by atoms with Crippen LogP contribution in [-0.4, -0.2) is 23.3 Å². The lowest BCUT2D eigenvalue weighted by Crippen LogP contribution is -2.15. The fourth-order valence-corrected chi connectivity index (χ4v) is 3.27. The molecule has 1 aromatic carbocycles. The van der Waals surface area contributed by atoms with Gasteiger partial charge in [-0.25, -0.2) is 8.42 Å². The molecule has 0 aliphatic carbocycles. The highest BCUT2D eigenvalue weighted by Gasteiger charge is 2.19. The molecule has 0 aliphatic heterocycles. The van der Waals surface area contributed by atoms with Crippen molar-refractivity contribution < 1.29 is 13.5 Å². The van der Waals surface area contributed by atoms with E-state index in [-0.39, 0.29) is 17.3 Å². The molecule has 0 spiro atoms. The van der Waals surface area contributed by atoms with E-state index < -0.39 is 10.0 Å². The molecule has 0 atom stereocenters. The summed E-state index contributed by atoms with van der Waals surface area (Å²) in [6.45, 7) is 3.36. The van der Waals surface area contributed by atoms with Gasteiger partial charge < -0.3 is 5.11 Å². The Labute approximate surface area is 118 Å². The third-order valence-corrected chi connectivity index (χ3v) is 4.54. The highest BCUT2D eigenvalue weighted by Crippen LogP contribution is 2.22. The molecule has 2 N–H and O–H groups in total. The lowest BCUT2D eigenvalue weighted by atomic mass is 10.1. The molecule has 0 saturated heterocycles. The fourth-order valence-electron chi connectivity index (χ4n) is 2.00. The van der Waals surface area contributed by atoms with Crippen molar-refractivity contribution in [2.45, 2.75) is 25.3 Å². The van der Waals surface area contributed by atoms with E-state index in [1.807, 2.05) is 6.92 Å². The molecule has 2 aromatic rings. The quantitative estimate of drug-likeness (QED) is 0.891. The summed E-state index contributed by atoms with van der Waals surface area (Å²) in [6.07, 6.45) is 1.65. The molecule has 1 heterocycles. The van der Waals surface area contributed by atoms with Crippen molar-refractivity contribution in [3.63, 3.8) is 0 Å². The summed E-state index contributed by atoms with van der Waals surface area (Å²) in [4.78, 5) is 0.151. The van der Waals surface area contributed by atoms with Crippen LogP contribution in [0.4, 0.5) is 5.82 Å². The Balaban J connectivity index is 2.43. The number of hydrogen-bond acceptors (Lipinski definition) is 4. The minimum Gasteiger partial charge on any atom is -0.392 e. The first-order chi connectivity index (χ1) is 9.33. The van der Waals surface area contributed by atoms with Gasteiger partial charge in [-0.1, -0.05) is 6.07 Å². The number of nitrogens with one attached hydrogen (secondary N) is 1. The Morgan fingerprint density at radius 3 is 2.55 bits per heavy atom. The van der Waals surface area contributed by atoms with Crippen LogP contribution in [0.5, 0.6) is 0 Å². The maximum absolute atomic E-state index is 12.4. The van der Waals surface area contributed by atoms with Gasteiger partial charge in [0.1, 0.15) is 0 Å². The van der Waals surface area contributed by atoms with Crippen LogP contribution >= 0.6 is 0 Å². The molecule has 0 saturated carbocycles. The fraction of sp³-hybridized carbons (Fsp3) is 0.308. The molecule has 0 amide bonds. The molecule has 20 heavy (non-hydrogen) atoms. The number of aliphatic hydroxyl groups is 1. The Bertz CT molecular complexity index is 735. The molecule has 7 heteroatoms. The van der Waals surface area contributed by atoms with E-state index in [0.29, 0.717) is 11.1 Å². The highest BCUT2D eigenvalue weighted by atomic mass is 32.2. The smallest absolute Gasteiger partial charge is 0.263 e. The van der Waals surface area contributed by atoms with Gasteiger partial charge in [-0.05, 0) is 36.6 Å². The molecule has 2 rings (SSSR count). The van der Waals surface area contributed by atoms with Gasteiger partial charge in [0.2, 0.25) is 0 Å². The lowest BCUT2D eigenvalue weighted by molar-refractivity contribution is 0.280. The van der Waals surface area contributed by atoms with Gasteiger partial charge in [0.25, 0.3) is 10.0 Å². The van der Waals surface area contributed by atoms with E-state index in [2.05, 4.69) is 9.82 Å². The zero-order valence-corrected chi connectivity index (χ0v) is 12.4. The predicted octanol–water partition coefficient (Wildman–Crippen LogP) is 1.33. The average molecular weight is 295 g/mol. The first kappa shape index (κ1) is 14.5. The molecule has 0 fully saturated rings. The van der Waals surface area contributed by atoms with Crippen molar-refractivity contribution in [3.05, 3.63) is 41.1 Å². The van der Waals surface area contributed by atoms with Crippen molar-refractivity contribution in [1.29, 1.82) is 0 Å². The van der Waals surface area contributed by atoms with E-state index in [0.717, 1.165) is 5.56 Å². The minimum atomic E-state index is -3.72. The van der Waals surface area contributed by atoms with Crippen LogP contribution in [0.1, 0.15) is 16.7 Å². The van der Waals surface area contributed by atoms with Gasteiger partial charge in [0.15, 0.2) is 5.82 Å². The van der Waals surface area contributed by atoms with Gasteiger partial charge >= 0.3 is 0 Å². The van der Waals surface area contributed by atoms with Crippen molar-refractivity contribution in [2.24, 2.45) is 7.05 Å². The number of nitrogens with zero attached hydrogens (tertiary/aromatic N) is 2. The van der Waals surface area contributed by atoms with Crippen LogP contribution in [0.15, 0.2) is 29.3 Å². The first-order valence-corrected chi connectivity index (χ1v) is 7.55. The van der Waals surface area contributed by atoms with Crippen LogP contribution in [0.3, 0.4) is 0 Å². The summed E-state index contributed by atoms with van der Waals surface area (Å²) in [5.74, 6) is 0.262. The van der Waals surface area contributed by atoms with Crippen LogP contribution in [-0.2, 0) is 23.7 Å². The second-order valence-electron chi connectivity index (χ2n) is 4.68. The molecule has 0 aliphatic rings. The van der Waals surface area contributed by atoms with Crippen LogP contribution < -0.4 is 4.72 Å². The molecule has 6 nitrogen and oxygen atoms in total. The third-order valence-electron chi connectivity index (χ3n) is 3.05. The summed E-state index contributed by atoms with van der Waals surface area (Å²) in [7, 11) is -2.01. The van der Waals surface area contributed by atoms with Gasteiger partial charge in [-0.2, -0.15) is 5.10 Å². The minimum absolute atomic E-state index is 0.151. The maximum atomic E-state index is 12.4. The summed E-state index contributed by atoms with van der Waals surface area (Å²) >= 11 is 0. The second-order valence-corrected chi connectivity index (χ2v) is 6.33. The molecule has 0 bridgehead atoms. The molecular weight excluding hydrogens is 278 g/mol. The number of aryl methyl sites for hydroxylation is 3. The zero-order valence-electron chi connectivity index (χ0n) is 11.6. The van der Waals surface area contributed by atoms with Crippen molar-refractivity contribution in [2.75, 3.05) is 4.72 Å². The van der Waals surface area contributed by atoms with Crippen LogP contribution in [0.25, 0.3) is 0 Å². The Morgan fingerprint density at radius 2 is 2.00 bits per heavy atom. The monoisotopic (exact) mass is 295 g/mol. The van der Waals surface area contributed by atoms with E-state index in [9.17, 15) is 13.5 Å². The lowest BCUT2D eigenvalue weighted by Gasteiger charge is -2.12. The number of benzene rings is 1.